The molecular formula is C22H27N3O4. The van der Waals surface area contributed by atoms with Crippen molar-refractivity contribution < 1.29 is 19.4 Å². The zero-order chi connectivity index (χ0) is 20.6. The third-order valence-corrected chi connectivity index (χ3v) is 5.46. The number of carboxylic acid groups (broad SMARTS) is 1. The Morgan fingerprint density at radius 1 is 1.24 bits per heavy atom. The number of ether oxygens (including phenoxy) is 1. The summed E-state index contributed by atoms with van der Waals surface area (Å²) in [4.78, 5) is 29.3. The van der Waals surface area contributed by atoms with Gasteiger partial charge in [-0.05, 0) is 42.2 Å². The van der Waals surface area contributed by atoms with Gasteiger partial charge in [-0.1, -0.05) is 18.2 Å². The van der Waals surface area contributed by atoms with Crippen LogP contribution in [0.1, 0.15) is 17.7 Å². The molecule has 2 aromatic rings. The number of pyridine rings is 1. The highest BCUT2D eigenvalue weighted by molar-refractivity contribution is 5.80. The van der Waals surface area contributed by atoms with E-state index in [1.165, 1.54) is 5.56 Å². The molecule has 0 aliphatic carbocycles. The van der Waals surface area contributed by atoms with Crippen LogP contribution in [0.3, 0.4) is 0 Å². The number of carbonyl (C=O) groups excluding carboxylic acids is 1. The molecule has 0 bridgehead atoms. The van der Waals surface area contributed by atoms with Crippen LogP contribution in [0, 0.1) is 11.8 Å². The number of piperidine rings is 1. The number of benzene rings is 1. The van der Waals surface area contributed by atoms with Crippen LogP contribution < -0.4 is 4.74 Å². The first-order valence-corrected chi connectivity index (χ1v) is 9.77. The molecule has 0 unspecified atom stereocenters. The van der Waals surface area contributed by atoms with Crippen LogP contribution in [0.5, 0.6) is 5.75 Å². The number of hydrogen-bond acceptors (Lipinski definition) is 5. The zero-order valence-electron chi connectivity index (χ0n) is 16.6. The minimum Gasteiger partial charge on any atom is -0.487 e. The van der Waals surface area contributed by atoms with E-state index >= 15 is 0 Å². The summed E-state index contributed by atoms with van der Waals surface area (Å²) in [6, 6.07) is 14.1. The summed E-state index contributed by atoms with van der Waals surface area (Å²) in [5, 5.41) is 6.89. The number of likely N-dealkylation sites (tertiary alicyclic amines) is 2. The molecule has 2 aliphatic heterocycles. The van der Waals surface area contributed by atoms with Crippen molar-refractivity contribution in [1.82, 2.24) is 14.8 Å². The van der Waals surface area contributed by atoms with E-state index in [1.807, 2.05) is 42.3 Å². The Morgan fingerprint density at radius 3 is 2.83 bits per heavy atom. The smallest absolute Gasteiger partial charge is 0.290 e. The zero-order valence-corrected chi connectivity index (χ0v) is 16.6. The Labute approximate surface area is 170 Å². The van der Waals surface area contributed by atoms with Crippen molar-refractivity contribution in [2.24, 2.45) is 11.8 Å². The average Bonchev–Trinajstić information content (AvgIpc) is 3.14. The van der Waals surface area contributed by atoms with E-state index in [9.17, 15) is 4.79 Å². The van der Waals surface area contributed by atoms with E-state index in [-0.39, 0.29) is 12.4 Å². The number of amides is 1. The lowest BCUT2D eigenvalue weighted by atomic mass is 9.88. The van der Waals surface area contributed by atoms with Crippen LogP contribution in [0.4, 0.5) is 0 Å². The second-order valence-corrected chi connectivity index (χ2v) is 7.47. The fourth-order valence-corrected chi connectivity index (χ4v) is 4.05. The van der Waals surface area contributed by atoms with Crippen molar-refractivity contribution in [3.8, 4) is 5.75 Å². The second-order valence-electron chi connectivity index (χ2n) is 7.47. The topological polar surface area (TPSA) is 83.0 Å². The number of aromatic nitrogens is 1. The van der Waals surface area contributed by atoms with Crippen LogP contribution in [0.2, 0.25) is 0 Å². The maximum absolute atomic E-state index is 12.4. The molecule has 1 amide bonds. The molecule has 154 valence electrons. The molecule has 0 radical (unpaired) electrons. The van der Waals surface area contributed by atoms with Gasteiger partial charge in [0.25, 0.3) is 6.47 Å². The van der Waals surface area contributed by atoms with Crippen LogP contribution in [0.15, 0.2) is 48.7 Å². The maximum Gasteiger partial charge on any atom is 0.290 e. The molecule has 0 spiro atoms. The molecule has 7 heteroatoms. The standard InChI is InChI=1S/C21H25N3O2.CH2O2/c1-23-10-8-17-13-24(14-20(17)21(23)25)12-16-5-4-7-19(11-16)26-15-18-6-2-3-9-22-18;2-1-3/h2-7,9,11,17,20H,8,10,12-15H2,1H3;1H,(H,2,3)/t17-,20+;/m1./s1. The van der Waals surface area contributed by atoms with E-state index in [1.54, 1.807) is 6.20 Å². The monoisotopic (exact) mass is 397 g/mol. The lowest BCUT2D eigenvalue weighted by Crippen LogP contribution is -2.42. The summed E-state index contributed by atoms with van der Waals surface area (Å²) in [6.07, 6.45) is 2.90. The highest BCUT2D eigenvalue weighted by Gasteiger charge is 2.41. The van der Waals surface area contributed by atoms with Gasteiger partial charge in [-0.25, -0.2) is 0 Å². The first kappa shape index (κ1) is 20.8. The van der Waals surface area contributed by atoms with Gasteiger partial charge in [0.1, 0.15) is 12.4 Å². The number of hydrogen-bond donors (Lipinski definition) is 1. The van der Waals surface area contributed by atoms with Crippen LogP contribution in [-0.4, -0.2) is 59.0 Å². The summed E-state index contributed by atoms with van der Waals surface area (Å²) < 4.78 is 5.88. The van der Waals surface area contributed by atoms with Crippen LogP contribution >= 0.6 is 0 Å². The molecule has 2 aliphatic rings. The van der Waals surface area contributed by atoms with Gasteiger partial charge in [0.15, 0.2) is 0 Å². The number of carbonyl (C=O) groups is 2. The van der Waals surface area contributed by atoms with Gasteiger partial charge in [-0.2, -0.15) is 0 Å². The lowest BCUT2D eigenvalue weighted by Gasteiger charge is -2.30. The first-order valence-electron chi connectivity index (χ1n) is 9.77. The maximum atomic E-state index is 12.4. The molecule has 2 fully saturated rings. The molecule has 1 N–H and O–H groups in total. The average molecular weight is 397 g/mol. The van der Waals surface area contributed by atoms with Crippen molar-refractivity contribution in [2.75, 3.05) is 26.7 Å². The predicted octanol–water partition coefficient (Wildman–Crippen LogP) is 2.27. The van der Waals surface area contributed by atoms with Gasteiger partial charge in [-0.3, -0.25) is 19.5 Å². The van der Waals surface area contributed by atoms with Gasteiger partial charge in [0.05, 0.1) is 11.6 Å². The minimum atomic E-state index is -0.250. The summed E-state index contributed by atoms with van der Waals surface area (Å²) >= 11 is 0. The molecule has 0 saturated carbocycles. The van der Waals surface area contributed by atoms with E-state index in [0.29, 0.717) is 18.4 Å². The Balaban J connectivity index is 0.000000755. The molecule has 2 atom stereocenters. The quantitative estimate of drug-likeness (QED) is 0.780. The molecule has 1 aromatic carbocycles. The fraction of sp³-hybridized carbons (Fsp3) is 0.409. The van der Waals surface area contributed by atoms with Crippen molar-refractivity contribution in [2.45, 2.75) is 19.6 Å². The fourth-order valence-electron chi connectivity index (χ4n) is 4.05. The van der Waals surface area contributed by atoms with Gasteiger partial charge < -0.3 is 14.7 Å². The SMILES string of the molecule is CN1CC[C@@H]2CN(Cc3cccc(OCc4ccccn4)c3)C[C@@H]2C1=O.O=CO. The van der Waals surface area contributed by atoms with Crippen molar-refractivity contribution >= 4 is 12.4 Å². The first-order chi connectivity index (χ1) is 14.1. The Kier molecular flexibility index (Phi) is 7.19. The van der Waals surface area contributed by atoms with Crippen LogP contribution in [-0.2, 0) is 22.7 Å². The summed E-state index contributed by atoms with van der Waals surface area (Å²) in [5.41, 5.74) is 2.15. The highest BCUT2D eigenvalue weighted by atomic mass is 16.5. The molecule has 1 aromatic heterocycles. The van der Waals surface area contributed by atoms with Crippen molar-refractivity contribution in [3.63, 3.8) is 0 Å². The summed E-state index contributed by atoms with van der Waals surface area (Å²) in [7, 11) is 1.92. The van der Waals surface area contributed by atoms with Gasteiger partial charge in [0.2, 0.25) is 5.91 Å². The van der Waals surface area contributed by atoms with Crippen LogP contribution in [0.25, 0.3) is 0 Å². The second kappa shape index (κ2) is 10.0. The van der Waals surface area contributed by atoms with E-state index in [2.05, 4.69) is 22.0 Å². The lowest BCUT2D eigenvalue weighted by molar-refractivity contribution is -0.137. The van der Waals surface area contributed by atoms with Gasteiger partial charge in [0, 0.05) is 39.4 Å². The predicted molar refractivity (Wildman–Crippen MR) is 108 cm³/mol. The van der Waals surface area contributed by atoms with Crippen molar-refractivity contribution in [1.29, 1.82) is 0 Å². The number of rotatable bonds is 5. The highest BCUT2D eigenvalue weighted by Crippen LogP contribution is 2.32. The molecule has 3 heterocycles. The van der Waals surface area contributed by atoms with E-state index in [0.717, 1.165) is 44.0 Å². The third-order valence-electron chi connectivity index (χ3n) is 5.46. The summed E-state index contributed by atoms with van der Waals surface area (Å²) in [5.74, 6) is 1.87. The number of nitrogens with zero attached hydrogens (tertiary/aromatic N) is 3. The summed E-state index contributed by atoms with van der Waals surface area (Å²) in [6.45, 7) is 3.87. The molecular weight excluding hydrogens is 370 g/mol. The van der Waals surface area contributed by atoms with Gasteiger partial charge >= 0.3 is 0 Å². The normalized spacial score (nSPS) is 21.1. The Hall–Kier alpha value is -2.93. The largest absolute Gasteiger partial charge is 0.487 e. The molecule has 4 rings (SSSR count). The Bertz CT molecular complexity index is 815. The molecule has 2 saturated heterocycles. The minimum absolute atomic E-state index is 0.178. The molecule has 29 heavy (non-hydrogen) atoms. The number of fused-ring (bicyclic) bond motifs is 1. The van der Waals surface area contributed by atoms with Gasteiger partial charge in [-0.15, -0.1) is 0 Å². The molecule has 7 nitrogen and oxygen atoms in total. The van der Waals surface area contributed by atoms with E-state index < -0.39 is 0 Å². The van der Waals surface area contributed by atoms with Crippen molar-refractivity contribution in [3.05, 3.63) is 59.9 Å². The van der Waals surface area contributed by atoms with E-state index in [4.69, 9.17) is 14.6 Å². The Morgan fingerprint density at radius 2 is 2.07 bits per heavy atom. The third kappa shape index (κ3) is 5.54.